The van der Waals surface area contributed by atoms with Crippen LogP contribution in [0.2, 0.25) is 0 Å². The van der Waals surface area contributed by atoms with Crippen molar-refractivity contribution in [2.75, 3.05) is 6.54 Å². The minimum atomic E-state index is -0.425. The van der Waals surface area contributed by atoms with Crippen LogP contribution < -0.4 is 11.1 Å². The Morgan fingerprint density at radius 1 is 1.19 bits per heavy atom. The summed E-state index contributed by atoms with van der Waals surface area (Å²) in [6, 6.07) is 14.0. The van der Waals surface area contributed by atoms with Crippen LogP contribution in [0.3, 0.4) is 0 Å². The van der Waals surface area contributed by atoms with Crippen molar-refractivity contribution in [3.63, 3.8) is 0 Å². The van der Waals surface area contributed by atoms with E-state index in [1.807, 2.05) is 30.3 Å². The number of fused-ring (bicyclic) bond motifs is 1. The van der Waals surface area contributed by atoms with E-state index in [9.17, 15) is 4.79 Å². The quantitative estimate of drug-likeness (QED) is 0.758. The van der Waals surface area contributed by atoms with Crippen molar-refractivity contribution < 1.29 is 4.42 Å². The molecule has 0 radical (unpaired) electrons. The molecule has 0 fully saturated rings. The fourth-order valence-electron chi connectivity index (χ4n) is 2.43. The molecule has 1 aromatic heterocycles. The van der Waals surface area contributed by atoms with Crippen LogP contribution in [0.25, 0.3) is 11.1 Å². The standard InChI is InChI=1S/C16H15BrN2O2/c1-2-18-15(10-3-6-12(17)7-4-10)11-5-8-13-14(9-11)21-16(20)19-13/h3-9,15,18H,2H2,1H3,(H,19,20). The van der Waals surface area contributed by atoms with E-state index >= 15 is 0 Å². The second kappa shape index (κ2) is 5.87. The molecular weight excluding hydrogens is 332 g/mol. The van der Waals surface area contributed by atoms with Crippen LogP contribution >= 0.6 is 15.9 Å². The minimum Gasteiger partial charge on any atom is -0.408 e. The molecular formula is C16H15BrN2O2. The van der Waals surface area contributed by atoms with Gasteiger partial charge in [0.15, 0.2) is 5.58 Å². The van der Waals surface area contributed by atoms with E-state index in [0.29, 0.717) is 5.58 Å². The maximum atomic E-state index is 11.3. The Labute approximate surface area is 130 Å². The summed E-state index contributed by atoms with van der Waals surface area (Å²) in [5, 5.41) is 3.46. The molecule has 0 spiro atoms. The third-order valence-corrected chi connectivity index (χ3v) is 3.92. The summed E-state index contributed by atoms with van der Waals surface area (Å²) in [5.74, 6) is -0.425. The first-order valence-corrected chi connectivity index (χ1v) is 7.58. The number of aromatic amines is 1. The molecule has 3 aromatic rings. The second-order valence-corrected chi connectivity index (χ2v) is 5.73. The molecule has 0 aliphatic rings. The van der Waals surface area contributed by atoms with Crippen molar-refractivity contribution in [2.24, 2.45) is 0 Å². The number of oxazole rings is 1. The van der Waals surface area contributed by atoms with Gasteiger partial charge in [-0.15, -0.1) is 0 Å². The molecule has 0 saturated heterocycles. The lowest BCUT2D eigenvalue weighted by Crippen LogP contribution is -2.21. The molecule has 3 rings (SSSR count). The third kappa shape index (κ3) is 2.94. The molecule has 108 valence electrons. The Hall–Kier alpha value is -1.85. The Bertz CT molecular complexity index is 805. The summed E-state index contributed by atoms with van der Waals surface area (Å²) in [6.45, 7) is 2.91. The lowest BCUT2D eigenvalue weighted by molar-refractivity contribution is 0.553. The second-order valence-electron chi connectivity index (χ2n) is 4.81. The fraction of sp³-hybridized carbons (Fsp3) is 0.188. The van der Waals surface area contributed by atoms with E-state index in [1.165, 1.54) is 0 Å². The zero-order valence-corrected chi connectivity index (χ0v) is 13.1. The number of H-pyrrole nitrogens is 1. The van der Waals surface area contributed by atoms with Gasteiger partial charge in [0.25, 0.3) is 0 Å². The van der Waals surface area contributed by atoms with E-state index in [1.54, 1.807) is 0 Å². The third-order valence-electron chi connectivity index (χ3n) is 3.39. The van der Waals surface area contributed by atoms with Crippen molar-refractivity contribution in [2.45, 2.75) is 13.0 Å². The van der Waals surface area contributed by atoms with Gasteiger partial charge >= 0.3 is 5.76 Å². The van der Waals surface area contributed by atoms with Crippen LogP contribution in [-0.4, -0.2) is 11.5 Å². The summed E-state index contributed by atoms with van der Waals surface area (Å²) in [4.78, 5) is 13.9. The van der Waals surface area contributed by atoms with Crippen molar-refractivity contribution in [3.05, 3.63) is 68.6 Å². The van der Waals surface area contributed by atoms with E-state index in [4.69, 9.17) is 4.42 Å². The van der Waals surface area contributed by atoms with E-state index in [-0.39, 0.29) is 6.04 Å². The maximum Gasteiger partial charge on any atom is 0.417 e. The molecule has 1 heterocycles. The van der Waals surface area contributed by atoms with Gasteiger partial charge in [0, 0.05) is 4.47 Å². The number of halogens is 1. The topological polar surface area (TPSA) is 58.0 Å². The molecule has 21 heavy (non-hydrogen) atoms. The van der Waals surface area contributed by atoms with Crippen molar-refractivity contribution in [1.82, 2.24) is 10.3 Å². The first kappa shape index (κ1) is 14.1. The molecule has 2 aromatic carbocycles. The molecule has 0 bridgehead atoms. The molecule has 4 nitrogen and oxygen atoms in total. The highest BCUT2D eigenvalue weighted by Gasteiger charge is 2.14. The summed E-state index contributed by atoms with van der Waals surface area (Å²) < 4.78 is 6.20. The lowest BCUT2D eigenvalue weighted by atomic mass is 9.98. The molecule has 5 heteroatoms. The molecule has 0 saturated carbocycles. The Balaban J connectivity index is 2.05. The maximum absolute atomic E-state index is 11.3. The van der Waals surface area contributed by atoms with Gasteiger partial charge in [0.2, 0.25) is 0 Å². The average molecular weight is 347 g/mol. The number of rotatable bonds is 4. The molecule has 2 N–H and O–H groups in total. The van der Waals surface area contributed by atoms with Crippen molar-refractivity contribution >= 4 is 27.0 Å². The SMILES string of the molecule is CCNC(c1ccc(Br)cc1)c1ccc2[nH]c(=O)oc2c1. The summed E-state index contributed by atoms with van der Waals surface area (Å²) in [5.41, 5.74) is 3.53. The number of hydrogen-bond acceptors (Lipinski definition) is 3. The Kier molecular flexibility index (Phi) is 3.94. The number of benzene rings is 2. The van der Waals surface area contributed by atoms with Gasteiger partial charge in [-0.2, -0.15) is 0 Å². The zero-order valence-electron chi connectivity index (χ0n) is 11.5. The Morgan fingerprint density at radius 2 is 1.90 bits per heavy atom. The van der Waals surface area contributed by atoms with E-state index < -0.39 is 5.76 Å². The predicted molar refractivity (Wildman–Crippen MR) is 86.5 cm³/mol. The largest absolute Gasteiger partial charge is 0.417 e. The first-order chi connectivity index (χ1) is 10.2. The van der Waals surface area contributed by atoms with Gasteiger partial charge in [0.1, 0.15) is 0 Å². The van der Waals surface area contributed by atoms with Gasteiger partial charge < -0.3 is 9.73 Å². The number of aromatic nitrogens is 1. The van der Waals surface area contributed by atoms with Crippen LogP contribution in [-0.2, 0) is 0 Å². The molecule has 0 aliphatic heterocycles. The van der Waals surface area contributed by atoms with Crippen LogP contribution in [0, 0.1) is 0 Å². The smallest absolute Gasteiger partial charge is 0.408 e. The van der Waals surface area contributed by atoms with E-state index in [0.717, 1.165) is 27.7 Å². The number of nitrogens with one attached hydrogen (secondary N) is 2. The molecule has 0 aliphatic carbocycles. The van der Waals surface area contributed by atoms with Gasteiger partial charge in [-0.1, -0.05) is 41.1 Å². The normalized spacial score (nSPS) is 12.7. The molecule has 1 atom stereocenters. The van der Waals surface area contributed by atoms with Crippen LogP contribution in [0.15, 0.2) is 56.1 Å². The zero-order chi connectivity index (χ0) is 14.8. The van der Waals surface area contributed by atoms with Crippen LogP contribution in [0.4, 0.5) is 0 Å². The highest BCUT2D eigenvalue weighted by Crippen LogP contribution is 2.25. The van der Waals surface area contributed by atoms with Gasteiger partial charge in [-0.25, -0.2) is 4.79 Å². The summed E-state index contributed by atoms with van der Waals surface area (Å²) in [6.07, 6.45) is 0. The van der Waals surface area contributed by atoms with Crippen LogP contribution in [0.1, 0.15) is 24.1 Å². The monoisotopic (exact) mass is 346 g/mol. The first-order valence-electron chi connectivity index (χ1n) is 6.79. The van der Waals surface area contributed by atoms with Crippen LogP contribution in [0.5, 0.6) is 0 Å². The predicted octanol–water partition coefficient (Wildman–Crippen LogP) is 3.58. The van der Waals surface area contributed by atoms with E-state index in [2.05, 4.69) is 45.3 Å². The highest BCUT2D eigenvalue weighted by atomic mass is 79.9. The summed E-state index contributed by atoms with van der Waals surface area (Å²) in [7, 11) is 0. The summed E-state index contributed by atoms with van der Waals surface area (Å²) >= 11 is 3.45. The van der Waals surface area contributed by atoms with Gasteiger partial charge in [-0.3, -0.25) is 4.98 Å². The minimum absolute atomic E-state index is 0.0627. The van der Waals surface area contributed by atoms with Crippen molar-refractivity contribution in [3.8, 4) is 0 Å². The number of hydrogen-bond donors (Lipinski definition) is 2. The average Bonchev–Trinajstić information content (AvgIpc) is 2.85. The lowest BCUT2D eigenvalue weighted by Gasteiger charge is -2.19. The molecule has 0 amide bonds. The van der Waals surface area contributed by atoms with Crippen molar-refractivity contribution in [1.29, 1.82) is 0 Å². The Morgan fingerprint density at radius 3 is 2.62 bits per heavy atom. The fourth-order valence-corrected chi connectivity index (χ4v) is 2.69. The highest BCUT2D eigenvalue weighted by molar-refractivity contribution is 9.10. The van der Waals surface area contributed by atoms with Gasteiger partial charge in [-0.05, 0) is 41.9 Å². The van der Waals surface area contributed by atoms with Gasteiger partial charge in [0.05, 0.1) is 11.6 Å². The molecule has 1 unspecified atom stereocenters.